The number of nitrogens with one attached hydrogen (secondary N) is 1. The third-order valence-corrected chi connectivity index (χ3v) is 3.29. The minimum atomic E-state index is -0.361. The van der Waals surface area contributed by atoms with Gasteiger partial charge in [-0.2, -0.15) is 0 Å². The highest BCUT2D eigenvalue weighted by atomic mass is 16.5. The molecule has 0 aliphatic rings. The Morgan fingerprint density at radius 3 is 2.91 bits per heavy atom. The van der Waals surface area contributed by atoms with Gasteiger partial charge in [0.1, 0.15) is 6.73 Å². The number of hydrogen-bond acceptors (Lipinski definition) is 6. The molecular weight excluding hydrogens is 296 g/mol. The Balaban J connectivity index is 2.00. The molecule has 0 saturated carbocycles. The van der Waals surface area contributed by atoms with Crippen molar-refractivity contribution in [2.45, 2.75) is 20.2 Å². The van der Waals surface area contributed by atoms with Gasteiger partial charge in [-0.1, -0.05) is 17.3 Å². The summed E-state index contributed by atoms with van der Waals surface area (Å²) in [5.41, 5.74) is 8.03. The molecule has 0 bridgehead atoms. The van der Waals surface area contributed by atoms with Crippen LogP contribution in [0.5, 0.6) is 0 Å². The smallest absolute Gasteiger partial charge is 0.275 e. The predicted octanol–water partition coefficient (Wildman–Crippen LogP) is 0.850. The van der Waals surface area contributed by atoms with Gasteiger partial charge in [0.25, 0.3) is 5.91 Å². The van der Waals surface area contributed by atoms with Crippen LogP contribution in [0.25, 0.3) is 0 Å². The van der Waals surface area contributed by atoms with Crippen molar-refractivity contribution in [1.29, 1.82) is 0 Å². The molecule has 8 heteroatoms. The van der Waals surface area contributed by atoms with Crippen LogP contribution in [0.3, 0.4) is 0 Å². The van der Waals surface area contributed by atoms with Gasteiger partial charge < -0.3 is 20.7 Å². The lowest BCUT2D eigenvalue weighted by Gasteiger charge is -2.13. The molecule has 0 aliphatic carbocycles. The third kappa shape index (κ3) is 4.19. The quantitative estimate of drug-likeness (QED) is 0.785. The number of anilines is 2. The Bertz CT molecular complexity index is 668. The summed E-state index contributed by atoms with van der Waals surface area (Å²) in [5, 5.41) is 10.4. The second-order valence-corrected chi connectivity index (χ2v) is 5.19. The van der Waals surface area contributed by atoms with E-state index >= 15 is 0 Å². The molecule has 3 N–H and O–H groups in total. The lowest BCUT2D eigenvalue weighted by Crippen LogP contribution is -2.24. The summed E-state index contributed by atoms with van der Waals surface area (Å²) in [4.78, 5) is 14.2. The second-order valence-electron chi connectivity index (χ2n) is 5.19. The fraction of sp³-hybridized carbons (Fsp3) is 0.400. The van der Waals surface area contributed by atoms with Crippen molar-refractivity contribution in [2.75, 3.05) is 31.3 Å². The van der Waals surface area contributed by atoms with Gasteiger partial charge in [0.15, 0.2) is 11.5 Å². The number of amides is 1. The van der Waals surface area contributed by atoms with Crippen LogP contribution >= 0.6 is 0 Å². The summed E-state index contributed by atoms with van der Waals surface area (Å²) < 4.78 is 6.55. The van der Waals surface area contributed by atoms with Crippen LogP contribution < -0.4 is 16.0 Å². The predicted molar refractivity (Wildman–Crippen MR) is 88.0 cm³/mol. The number of ether oxygens (including phenoxy) is 1. The fourth-order valence-electron chi connectivity index (χ4n) is 1.97. The molecule has 0 radical (unpaired) electrons. The second kappa shape index (κ2) is 7.59. The van der Waals surface area contributed by atoms with E-state index in [1.165, 1.54) is 4.68 Å². The first-order chi connectivity index (χ1) is 11.0. The van der Waals surface area contributed by atoms with Crippen LogP contribution in [-0.2, 0) is 18.0 Å². The lowest BCUT2D eigenvalue weighted by molar-refractivity contribution is 0.0794. The molecule has 0 fully saturated rings. The molecule has 0 unspecified atom stereocenters. The van der Waals surface area contributed by atoms with E-state index in [2.05, 4.69) is 15.6 Å². The first-order valence-electron chi connectivity index (χ1n) is 7.34. The molecule has 2 aromatic rings. The minimum absolute atomic E-state index is 0.105. The summed E-state index contributed by atoms with van der Waals surface area (Å²) in [6.07, 6.45) is 0. The number of carbonyl (C=O) groups excluding carboxylic acids is 1. The van der Waals surface area contributed by atoms with E-state index in [1.807, 2.05) is 50.2 Å². The van der Waals surface area contributed by atoms with Gasteiger partial charge in [-0.05, 0) is 24.6 Å². The maximum absolute atomic E-state index is 12.2. The first kappa shape index (κ1) is 16.8. The highest BCUT2D eigenvalue weighted by Gasteiger charge is 2.17. The average molecular weight is 318 g/mol. The zero-order valence-electron chi connectivity index (χ0n) is 13.6. The molecule has 8 nitrogen and oxygen atoms in total. The zero-order valence-corrected chi connectivity index (χ0v) is 13.6. The van der Waals surface area contributed by atoms with Crippen LogP contribution in [0.2, 0.25) is 0 Å². The van der Waals surface area contributed by atoms with E-state index in [0.717, 1.165) is 11.3 Å². The third-order valence-electron chi connectivity index (χ3n) is 3.29. The van der Waals surface area contributed by atoms with Gasteiger partial charge in [0, 0.05) is 32.9 Å². The van der Waals surface area contributed by atoms with Crippen molar-refractivity contribution in [3.05, 3.63) is 35.5 Å². The molecule has 1 heterocycles. The lowest BCUT2D eigenvalue weighted by atomic mass is 10.2. The molecule has 0 aliphatic heterocycles. The maximum Gasteiger partial charge on any atom is 0.275 e. The van der Waals surface area contributed by atoms with E-state index in [-0.39, 0.29) is 24.1 Å². The van der Waals surface area contributed by atoms with E-state index in [0.29, 0.717) is 13.2 Å². The Labute approximate surface area is 135 Å². The fourth-order valence-corrected chi connectivity index (χ4v) is 1.97. The van der Waals surface area contributed by atoms with Crippen LogP contribution in [-0.4, -0.2) is 41.6 Å². The van der Waals surface area contributed by atoms with Crippen molar-refractivity contribution in [2.24, 2.45) is 0 Å². The number of nitrogens with zero attached hydrogens (tertiary/aromatic N) is 4. The standard InChI is InChI=1S/C15H22N6O2/c1-4-23-10-21-14(16)13(18-19-21)15(22)17-9-11-6-5-7-12(8-11)20(2)3/h5-8H,4,9-10,16H2,1-3H3,(H,17,22). The highest BCUT2D eigenvalue weighted by molar-refractivity contribution is 5.96. The Morgan fingerprint density at radius 2 is 2.22 bits per heavy atom. The Hall–Kier alpha value is -2.61. The van der Waals surface area contributed by atoms with Gasteiger partial charge in [-0.25, -0.2) is 4.68 Å². The molecule has 0 spiro atoms. The monoisotopic (exact) mass is 318 g/mol. The molecule has 0 saturated heterocycles. The van der Waals surface area contributed by atoms with Crippen molar-refractivity contribution in [1.82, 2.24) is 20.3 Å². The van der Waals surface area contributed by atoms with Gasteiger partial charge in [0.05, 0.1) is 0 Å². The van der Waals surface area contributed by atoms with Crippen LogP contribution in [0.1, 0.15) is 23.0 Å². The number of carbonyl (C=O) groups is 1. The van der Waals surface area contributed by atoms with Crippen LogP contribution in [0.4, 0.5) is 11.5 Å². The molecule has 1 amide bonds. The summed E-state index contributed by atoms with van der Waals surface area (Å²) in [6, 6.07) is 7.91. The van der Waals surface area contributed by atoms with Gasteiger partial charge in [-0.3, -0.25) is 4.79 Å². The summed E-state index contributed by atoms with van der Waals surface area (Å²) in [7, 11) is 3.93. The van der Waals surface area contributed by atoms with E-state index in [1.54, 1.807) is 0 Å². The molecule has 124 valence electrons. The summed E-state index contributed by atoms with van der Waals surface area (Å²) >= 11 is 0. The maximum atomic E-state index is 12.2. The van der Waals surface area contributed by atoms with Crippen LogP contribution in [0, 0.1) is 0 Å². The molecule has 0 atom stereocenters. The number of hydrogen-bond donors (Lipinski definition) is 2. The van der Waals surface area contributed by atoms with Gasteiger partial charge >= 0.3 is 0 Å². The average Bonchev–Trinajstić information content (AvgIpc) is 2.91. The molecule has 1 aromatic heterocycles. The molecule has 1 aromatic carbocycles. The van der Waals surface area contributed by atoms with Gasteiger partial charge in [-0.15, -0.1) is 5.10 Å². The number of benzene rings is 1. The van der Waals surface area contributed by atoms with Crippen molar-refractivity contribution in [3.63, 3.8) is 0 Å². The largest absolute Gasteiger partial charge is 0.382 e. The van der Waals surface area contributed by atoms with Crippen molar-refractivity contribution in [3.8, 4) is 0 Å². The van der Waals surface area contributed by atoms with E-state index < -0.39 is 0 Å². The Kier molecular flexibility index (Phi) is 5.53. The summed E-state index contributed by atoms with van der Waals surface area (Å²) in [6.45, 7) is 2.96. The molecule has 2 rings (SSSR count). The number of rotatable bonds is 7. The van der Waals surface area contributed by atoms with Crippen LogP contribution in [0.15, 0.2) is 24.3 Å². The van der Waals surface area contributed by atoms with E-state index in [9.17, 15) is 4.79 Å². The molecule has 23 heavy (non-hydrogen) atoms. The normalized spacial score (nSPS) is 10.6. The first-order valence-corrected chi connectivity index (χ1v) is 7.34. The number of nitrogens with two attached hydrogens (primary N) is 1. The Morgan fingerprint density at radius 1 is 1.43 bits per heavy atom. The SMILES string of the molecule is CCOCn1nnc(C(=O)NCc2cccc(N(C)C)c2)c1N. The summed E-state index contributed by atoms with van der Waals surface area (Å²) in [5.74, 6) is -0.168. The topological polar surface area (TPSA) is 98.3 Å². The minimum Gasteiger partial charge on any atom is -0.382 e. The number of nitrogen functional groups attached to an aromatic ring is 1. The highest BCUT2D eigenvalue weighted by Crippen LogP contribution is 2.13. The molecular formula is C15H22N6O2. The zero-order chi connectivity index (χ0) is 16.8. The van der Waals surface area contributed by atoms with Gasteiger partial charge in [0.2, 0.25) is 0 Å². The number of aromatic nitrogens is 3. The van der Waals surface area contributed by atoms with Crippen molar-refractivity contribution >= 4 is 17.4 Å². The van der Waals surface area contributed by atoms with Crippen molar-refractivity contribution < 1.29 is 9.53 Å². The van der Waals surface area contributed by atoms with E-state index in [4.69, 9.17) is 10.5 Å².